The summed E-state index contributed by atoms with van der Waals surface area (Å²) in [6.07, 6.45) is 0. The number of fused-ring (bicyclic) bond motifs is 7. The third-order valence-corrected chi connectivity index (χ3v) is 12.6. The first-order chi connectivity index (χ1) is 29.3. The highest BCUT2D eigenvalue weighted by atomic mass is 15.1. The predicted molar refractivity (Wildman–Crippen MR) is 248 cm³/mol. The molecule has 0 spiro atoms. The Kier molecular flexibility index (Phi) is 7.48. The van der Waals surface area contributed by atoms with Crippen LogP contribution < -0.4 is 10.2 Å². The molecule has 1 aliphatic heterocycles. The Morgan fingerprint density at radius 2 is 0.983 bits per heavy atom. The Hall–Kier alpha value is -7.68. The van der Waals surface area contributed by atoms with Gasteiger partial charge in [-0.05, 0) is 127 Å². The summed E-state index contributed by atoms with van der Waals surface area (Å²) in [4.78, 5) is 2.40. The van der Waals surface area contributed by atoms with E-state index in [1.807, 2.05) is 0 Å². The molecule has 1 N–H and O–H groups in total. The van der Waals surface area contributed by atoms with E-state index in [9.17, 15) is 0 Å². The van der Waals surface area contributed by atoms with Crippen molar-refractivity contribution in [3.63, 3.8) is 0 Å². The molecule has 0 saturated carbocycles. The highest BCUT2D eigenvalue weighted by molar-refractivity contribution is 6.18. The predicted octanol–water partition coefficient (Wildman–Crippen LogP) is 15.2. The monoisotopic (exact) mass is 750 g/mol. The van der Waals surface area contributed by atoms with E-state index in [1.165, 1.54) is 77.2 Å². The topological polar surface area (TPSA) is 15.3 Å². The van der Waals surface area contributed by atoms with E-state index in [1.54, 1.807) is 0 Å². The lowest BCUT2D eigenvalue weighted by Gasteiger charge is -2.35. The van der Waals surface area contributed by atoms with Gasteiger partial charge in [0, 0.05) is 39.4 Å². The van der Waals surface area contributed by atoms with Crippen LogP contribution in [-0.2, 0) is 5.41 Å². The summed E-state index contributed by atoms with van der Waals surface area (Å²) in [5, 5.41) is 8.76. The van der Waals surface area contributed by atoms with Crippen LogP contribution in [0.2, 0.25) is 0 Å². The van der Waals surface area contributed by atoms with Gasteiger partial charge in [-0.1, -0.05) is 164 Å². The Morgan fingerprint density at radius 3 is 1.76 bits per heavy atom. The van der Waals surface area contributed by atoms with Gasteiger partial charge >= 0.3 is 0 Å². The maximum atomic E-state index is 3.75. The van der Waals surface area contributed by atoms with Crippen molar-refractivity contribution in [1.29, 1.82) is 0 Å². The lowest BCUT2D eigenvalue weighted by atomic mass is 9.67. The smallest absolute Gasteiger partial charge is 0.0714 e. The molecule has 2 heteroatoms. The van der Waals surface area contributed by atoms with E-state index < -0.39 is 5.41 Å². The number of nitrogens with one attached hydrogen (secondary N) is 1. The van der Waals surface area contributed by atoms with Crippen molar-refractivity contribution in [3.8, 4) is 33.4 Å². The Morgan fingerprint density at radius 1 is 0.356 bits per heavy atom. The Bertz CT molecular complexity index is 3180. The van der Waals surface area contributed by atoms with Gasteiger partial charge in [0.15, 0.2) is 0 Å². The normalized spacial score (nSPS) is 13.0. The van der Waals surface area contributed by atoms with Gasteiger partial charge in [-0.15, -0.1) is 0 Å². The molecule has 0 bridgehead atoms. The molecule has 10 aromatic rings. The highest BCUT2D eigenvalue weighted by Crippen LogP contribution is 2.57. The lowest BCUT2D eigenvalue weighted by Crippen LogP contribution is -2.28. The van der Waals surface area contributed by atoms with Gasteiger partial charge in [0.1, 0.15) is 0 Å². The van der Waals surface area contributed by atoms with Gasteiger partial charge in [0.05, 0.1) is 5.41 Å². The Labute approximate surface area is 344 Å². The van der Waals surface area contributed by atoms with E-state index in [4.69, 9.17) is 0 Å². The van der Waals surface area contributed by atoms with Gasteiger partial charge in [-0.3, -0.25) is 0 Å². The number of para-hydroxylation sites is 1. The van der Waals surface area contributed by atoms with Crippen LogP contribution in [0.25, 0.3) is 54.9 Å². The zero-order chi connectivity index (χ0) is 38.9. The summed E-state index contributed by atoms with van der Waals surface area (Å²) in [6, 6.07) is 82.5. The van der Waals surface area contributed by atoms with E-state index >= 15 is 0 Å². The molecule has 12 rings (SSSR count). The van der Waals surface area contributed by atoms with Crippen molar-refractivity contribution in [2.75, 3.05) is 10.2 Å². The summed E-state index contributed by atoms with van der Waals surface area (Å²) < 4.78 is 0. The van der Waals surface area contributed by atoms with Crippen molar-refractivity contribution in [2.24, 2.45) is 0 Å². The van der Waals surface area contributed by atoms with Crippen molar-refractivity contribution in [3.05, 3.63) is 247 Å². The molecule has 0 unspecified atom stereocenters. The zero-order valence-electron chi connectivity index (χ0n) is 32.3. The zero-order valence-corrected chi connectivity index (χ0v) is 32.3. The van der Waals surface area contributed by atoms with Crippen LogP contribution in [0.1, 0.15) is 22.3 Å². The molecule has 1 aliphatic carbocycles. The molecule has 10 aromatic carbocycles. The second kappa shape index (κ2) is 13.2. The van der Waals surface area contributed by atoms with Gasteiger partial charge < -0.3 is 10.2 Å². The van der Waals surface area contributed by atoms with E-state index in [2.05, 4.69) is 235 Å². The fourth-order valence-electron chi connectivity index (χ4n) is 10.1. The first-order valence-corrected chi connectivity index (χ1v) is 20.4. The third kappa shape index (κ3) is 5.06. The van der Waals surface area contributed by atoms with Crippen LogP contribution >= 0.6 is 0 Å². The number of rotatable bonds is 6. The quantitative estimate of drug-likeness (QED) is 0.182. The van der Waals surface area contributed by atoms with Crippen LogP contribution in [0.5, 0.6) is 0 Å². The second-order valence-corrected chi connectivity index (χ2v) is 15.7. The molecular weight excluding hydrogens is 713 g/mol. The number of nitrogens with zero attached hydrogens (tertiary/aromatic N) is 1. The summed E-state index contributed by atoms with van der Waals surface area (Å²) in [5.74, 6) is 0. The minimum Gasteiger partial charge on any atom is -0.354 e. The third-order valence-electron chi connectivity index (χ3n) is 12.6. The SMILES string of the molecule is c1ccc(N(c2ccc(-c3cc4c5c(cccc5c3)Nc3ccc5ccccc5c3-4)cc2)c2ccc3c(c2)C(c2ccccc2)(c2ccccc2)c2ccccc2-3)cc1. The number of hydrogen-bond acceptors (Lipinski definition) is 2. The second-order valence-electron chi connectivity index (χ2n) is 15.7. The summed E-state index contributed by atoms with van der Waals surface area (Å²) >= 11 is 0. The molecule has 276 valence electrons. The van der Waals surface area contributed by atoms with Gasteiger partial charge in [0.2, 0.25) is 0 Å². The van der Waals surface area contributed by atoms with Gasteiger partial charge in [-0.2, -0.15) is 0 Å². The van der Waals surface area contributed by atoms with Crippen molar-refractivity contribution in [2.45, 2.75) is 5.41 Å². The minimum atomic E-state index is -0.480. The van der Waals surface area contributed by atoms with Crippen molar-refractivity contribution in [1.82, 2.24) is 0 Å². The molecule has 0 fully saturated rings. The molecule has 59 heavy (non-hydrogen) atoms. The summed E-state index contributed by atoms with van der Waals surface area (Å²) in [5.41, 5.74) is 17.8. The maximum Gasteiger partial charge on any atom is 0.0714 e. The molecule has 2 aliphatic rings. The molecule has 0 aromatic heterocycles. The molecule has 0 saturated heterocycles. The van der Waals surface area contributed by atoms with Gasteiger partial charge in [0.25, 0.3) is 0 Å². The lowest BCUT2D eigenvalue weighted by molar-refractivity contribution is 0.768. The van der Waals surface area contributed by atoms with Crippen LogP contribution in [0, 0.1) is 0 Å². The standard InChI is InChI=1S/C57H38N2/c1-4-17-42(18-5-1)57(43-19-6-2-7-20-43)51-25-13-12-24-48(51)49-33-32-46(37-52(49)57)59(44-21-8-3-9-22-44)45-30-27-38(28-31-45)41-35-40-16-14-26-53-55(40)50(36-41)56-47-23-11-10-15-39(47)29-34-54(56)58-53/h1-37,58H. The number of hydrogen-bond donors (Lipinski definition) is 1. The summed E-state index contributed by atoms with van der Waals surface area (Å²) in [6.45, 7) is 0. The Balaban J connectivity index is 1.02. The average molecular weight is 751 g/mol. The van der Waals surface area contributed by atoms with Crippen LogP contribution in [0.15, 0.2) is 224 Å². The van der Waals surface area contributed by atoms with Crippen molar-refractivity contribution >= 4 is 50.0 Å². The number of benzene rings is 10. The molecule has 1 heterocycles. The largest absolute Gasteiger partial charge is 0.354 e. The molecule has 2 nitrogen and oxygen atoms in total. The fraction of sp³-hybridized carbons (Fsp3) is 0.0175. The van der Waals surface area contributed by atoms with Crippen LogP contribution in [0.4, 0.5) is 28.4 Å². The molecule has 0 amide bonds. The van der Waals surface area contributed by atoms with E-state index in [0.717, 1.165) is 28.4 Å². The van der Waals surface area contributed by atoms with Crippen LogP contribution in [0.3, 0.4) is 0 Å². The molecule has 0 atom stereocenters. The maximum absolute atomic E-state index is 3.75. The number of anilines is 5. The molecular formula is C57H38N2. The molecule has 0 radical (unpaired) electrons. The van der Waals surface area contributed by atoms with E-state index in [-0.39, 0.29) is 0 Å². The van der Waals surface area contributed by atoms with Crippen LogP contribution in [-0.4, -0.2) is 0 Å². The van der Waals surface area contributed by atoms with Crippen molar-refractivity contribution < 1.29 is 0 Å². The first-order valence-electron chi connectivity index (χ1n) is 20.4. The first kappa shape index (κ1) is 33.5. The van der Waals surface area contributed by atoms with Gasteiger partial charge in [-0.25, -0.2) is 0 Å². The highest BCUT2D eigenvalue weighted by Gasteiger charge is 2.46. The average Bonchev–Trinajstić information content (AvgIpc) is 3.60. The summed E-state index contributed by atoms with van der Waals surface area (Å²) in [7, 11) is 0. The van der Waals surface area contributed by atoms with E-state index in [0.29, 0.717) is 0 Å². The fourth-order valence-corrected chi connectivity index (χ4v) is 10.1. The minimum absolute atomic E-state index is 0.480.